The highest BCUT2D eigenvalue weighted by molar-refractivity contribution is 7.07. The normalized spacial score (nSPS) is 15.6. The van der Waals surface area contributed by atoms with E-state index in [4.69, 9.17) is 18.6 Å². The van der Waals surface area contributed by atoms with Crippen molar-refractivity contribution in [3.8, 4) is 11.5 Å². The molecule has 9 nitrogen and oxygen atoms in total. The van der Waals surface area contributed by atoms with Crippen molar-refractivity contribution in [2.24, 2.45) is 4.99 Å². The molecule has 0 radical (unpaired) electrons. The zero-order valence-corrected chi connectivity index (χ0v) is 20.6. The Labute approximate surface area is 199 Å². The van der Waals surface area contributed by atoms with E-state index in [0.29, 0.717) is 43.7 Å². The van der Waals surface area contributed by atoms with Gasteiger partial charge in [-0.2, -0.15) is 0 Å². The molecule has 0 saturated carbocycles. The van der Waals surface area contributed by atoms with Crippen molar-refractivity contribution in [1.82, 2.24) is 4.57 Å². The fourth-order valence-electron chi connectivity index (χ4n) is 3.82. The highest BCUT2D eigenvalue weighted by Crippen LogP contribution is 2.37. The quantitative estimate of drug-likeness (QED) is 0.496. The number of hydrogen-bond acceptors (Lipinski definition) is 9. The molecule has 3 heterocycles. The molecule has 1 aliphatic heterocycles. The Morgan fingerprint density at radius 1 is 1.18 bits per heavy atom. The third-order valence-corrected chi connectivity index (χ3v) is 6.47. The summed E-state index contributed by atoms with van der Waals surface area (Å²) in [5, 5.41) is 0. The molecule has 3 aromatic rings. The number of anilines is 1. The van der Waals surface area contributed by atoms with Gasteiger partial charge < -0.3 is 23.5 Å². The van der Waals surface area contributed by atoms with Crippen molar-refractivity contribution < 1.29 is 23.4 Å². The first kappa shape index (κ1) is 23.4. The van der Waals surface area contributed by atoms with Gasteiger partial charge in [-0.15, -0.1) is 0 Å². The molecular weight excluding hydrogens is 458 g/mol. The summed E-state index contributed by atoms with van der Waals surface area (Å²) in [6.07, 6.45) is 1.68. The minimum atomic E-state index is -0.791. The van der Waals surface area contributed by atoms with Crippen LogP contribution in [0.1, 0.15) is 24.3 Å². The summed E-state index contributed by atoms with van der Waals surface area (Å²) in [6, 6.07) is 8.07. The number of hydrogen-bond donors (Lipinski definition) is 0. The van der Waals surface area contributed by atoms with E-state index in [2.05, 4.69) is 4.99 Å². The predicted octanol–water partition coefficient (Wildman–Crippen LogP) is 2.08. The number of ether oxygens (including phenoxy) is 3. The lowest BCUT2D eigenvalue weighted by Gasteiger charge is -2.25. The Morgan fingerprint density at radius 2 is 1.94 bits per heavy atom. The van der Waals surface area contributed by atoms with E-state index < -0.39 is 12.0 Å². The van der Waals surface area contributed by atoms with Crippen molar-refractivity contribution in [1.29, 1.82) is 0 Å². The molecule has 4 rings (SSSR count). The fourth-order valence-corrected chi connectivity index (χ4v) is 4.85. The molecule has 0 unspecified atom stereocenters. The summed E-state index contributed by atoms with van der Waals surface area (Å²) in [5.41, 5.74) is 1.04. The lowest BCUT2D eigenvalue weighted by atomic mass is 9.95. The summed E-state index contributed by atoms with van der Waals surface area (Å²) >= 11 is 1.22. The smallest absolute Gasteiger partial charge is 0.338 e. The van der Waals surface area contributed by atoms with E-state index in [1.807, 2.05) is 25.1 Å². The molecule has 1 aromatic carbocycles. The fraction of sp³-hybridized carbons (Fsp3) is 0.292. The highest BCUT2D eigenvalue weighted by atomic mass is 32.1. The molecule has 10 heteroatoms. The van der Waals surface area contributed by atoms with E-state index in [-0.39, 0.29) is 11.1 Å². The number of methoxy groups -OCH3 is 3. The first-order valence-electron chi connectivity index (χ1n) is 10.4. The number of allylic oxidation sites excluding steroid dienone is 1. The number of aromatic nitrogens is 1. The van der Waals surface area contributed by atoms with Crippen LogP contribution in [-0.2, 0) is 9.53 Å². The molecule has 1 atom stereocenters. The SMILES string of the molecule is COC(=O)C1=C(C)N=c2s/c(=C\c3ccc(N(C)C)o3)c(=O)n2[C@H]1c1ccc(OC)cc1OC. The molecule has 1 aliphatic rings. The third kappa shape index (κ3) is 4.01. The number of nitrogens with zero attached hydrogens (tertiary/aromatic N) is 3. The summed E-state index contributed by atoms with van der Waals surface area (Å²) < 4.78 is 23.7. The number of benzene rings is 1. The molecule has 0 N–H and O–H groups in total. The molecule has 0 saturated heterocycles. The van der Waals surface area contributed by atoms with Crippen molar-refractivity contribution in [3.05, 3.63) is 72.6 Å². The van der Waals surface area contributed by atoms with Crippen LogP contribution in [0.25, 0.3) is 6.08 Å². The summed E-state index contributed by atoms with van der Waals surface area (Å²) in [4.78, 5) is 33.3. The molecule has 0 aliphatic carbocycles. The van der Waals surface area contributed by atoms with Crippen LogP contribution in [0.2, 0.25) is 0 Å². The van der Waals surface area contributed by atoms with Gasteiger partial charge in [-0.1, -0.05) is 11.3 Å². The Hall–Kier alpha value is -3.79. The second kappa shape index (κ2) is 9.22. The van der Waals surface area contributed by atoms with Crippen LogP contribution in [0.3, 0.4) is 0 Å². The van der Waals surface area contributed by atoms with E-state index in [9.17, 15) is 9.59 Å². The average molecular weight is 484 g/mol. The van der Waals surface area contributed by atoms with Gasteiger partial charge in [-0.3, -0.25) is 9.36 Å². The van der Waals surface area contributed by atoms with Crippen molar-refractivity contribution in [3.63, 3.8) is 0 Å². The standard InChI is InChI=1S/C24H25N3O6S/c1-13-20(23(29)32-6)21(16-9-7-14(30-4)11-17(16)31-5)27-22(28)18(34-24(27)25-13)12-15-8-10-19(33-15)26(2)3/h7-12,21H,1-6H3/b18-12-/t21-/m0/s1. The zero-order valence-electron chi connectivity index (χ0n) is 19.7. The second-order valence-electron chi connectivity index (χ2n) is 7.75. The van der Waals surface area contributed by atoms with Crippen LogP contribution in [0.15, 0.2) is 55.8 Å². The van der Waals surface area contributed by atoms with Gasteiger partial charge in [-0.25, -0.2) is 9.79 Å². The van der Waals surface area contributed by atoms with Gasteiger partial charge >= 0.3 is 5.97 Å². The van der Waals surface area contributed by atoms with E-state index in [0.717, 1.165) is 0 Å². The van der Waals surface area contributed by atoms with Gasteiger partial charge in [0.05, 0.1) is 37.1 Å². The summed E-state index contributed by atoms with van der Waals surface area (Å²) in [7, 11) is 8.12. The van der Waals surface area contributed by atoms with Crippen molar-refractivity contribution in [2.45, 2.75) is 13.0 Å². The Kier molecular flexibility index (Phi) is 6.34. The Balaban J connectivity index is 1.97. The van der Waals surface area contributed by atoms with Gasteiger partial charge in [0.1, 0.15) is 23.3 Å². The number of carbonyl (C=O) groups is 1. The van der Waals surface area contributed by atoms with Crippen LogP contribution >= 0.6 is 11.3 Å². The number of fused-ring (bicyclic) bond motifs is 1. The molecule has 2 aromatic heterocycles. The molecule has 0 bridgehead atoms. The maximum absolute atomic E-state index is 13.6. The van der Waals surface area contributed by atoms with Crippen molar-refractivity contribution >= 4 is 29.3 Å². The minimum absolute atomic E-state index is 0.262. The van der Waals surface area contributed by atoms with Crippen LogP contribution in [-0.4, -0.2) is 46.0 Å². The summed E-state index contributed by atoms with van der Waals surface area (Å²) in [5.74, 6) is 1.69. The van der Waals surface area contributed by atoms with Gasteiger partial charge in [0, 0.05) is 37.9 Å². The van der Waals surface area contributed by atoms with Crippen molar-refractivity contribution in [2.75, 3.05) is 40.3 Å². The van der Waals surface area contributed by atoms with Crippen LogP contribution in [0, 0.1) is 0 Å². The summed E-state index contributed by atoms with van der Waals surface area (Å²) in [6.45, 7) is 1.72. The lowest BCUT2D eigenvalue weighted by Crippen LogP contribution is -2.40. The first-order valence-corrected chi connectivity index (χ1v) is 11.2. The lowest BCUT2D eigenvalue weighted by molar-refractivity contribution is -0.136. The molecule has 0 fully saturated rings. The molecule has 0 amide bonds. The molecule has 178 valence electrons. The molecule has 0 spiro atoms. The molecular formula is C24H25N3O6S. The monoisotopic (exact) mass is 483 g/mol. The van der Waals surface area contributed by atoms with E-state index >= 15 is 0 Å². The topological polar surface area (TPSA) is 95.5 Å². The molecule has 34 heavy (non-hydrogen) atoms. The van der Waals surface area contributed by atoms with Crippen LogP contribution < -0.4 is 29.3 Å². The maximum Gasteiger partial charge on any atom is 0.338 e. The third-order valence-electron chi connectivity index (χ3n) is 5.49. The number of thiazole rings is 1. The van der Waals surface area contributed by atoms with Gasteiger partial charge in [-0.05, 0) is 25.1 Å². The number of esters is 1. The minimum Gasteiger partial charge on any atom is -0.497 e. The number of carbonyl (C=O) groups excluding carboxylic acids is 1. The average Bonchev–Trinajstić information content (AvgIpc) is 3.42. The number of furan rings is 1. The predicted molar refractivity (Wildman–Crippen MR) is 128 cm³/mol. The van der Waals surface area contributed by atoms with Gasteiger partial charge in [0.25, 0.3) is 5.56 Å². The highest BCUT2D eigenvalue weighted by Gasteiger charge is 2.35. The maximum atomic E-state index is 13.6. The zero-order chi connectivity index (χ0) is 24.6. The van der Waals surface area contributed by atoms with Gasteiger partial charge in [0.15, 0.2) is 10.7 Å². The van der Waals surface area contributed by atoms with E-state index in [1.165, 1.54) is 30.1 Å². The second-order valence-corrected chi connectivity index (χ2v) is 8.76. The van der Waals surface area contributed by atoms with Crippen LogP contribution in [0.5, 0.6) is 11.5 Å². The Morgan fingerprint density at radius 3 is 2.56 bits per heavy atom. The first-order chi connectivity index (χ1) is 16.3. The van der Waals surface area contributed by atoms with E-state index in [1.54, 1.807) is 44.4 Å². The largest absolute Gasteiger partial charge is 0.497 e. The number of rotatable bonds is 6. The van der Waals surface area contributed by atoms with Gasteiger partial charge in [0.2, 0.25) is 0 Å². The Bertz CT molecular complexity index is 1460. The van der Waals surface area contributed by atoms with Crippen LogP contribution in [0.4, 0.5) is 5.88 Å².